The number of aromatic hydroxyl groups is 2. The van der Waals surface area contributed by atoms with Crippen molar-refractivity contribution >= 4 is 27.8 Å². The lowest BCUT2D eigenvalue weighted by molar-refractivity contribution is 0.247. The summed E-state index contributed by atoms with van der Waals surface area (Å²) in [4.78, 5) is 15.0. The zero-order chi connectivity index (χ0) is 22.5. The second-order valence-corrected chi connectivity index (χ2v) is 8.07. The van der Waals surface area contributed by atoms with E-state index < -0.39 is 0 Å². The second kappa shape index (κ2) is 9.84. The third kappa shape index (κ3) is 5.09. The Kier molecular flexibility index (Phi) is 6.72. The van der Waals surface area contributed by atoms with Gasteiger partial charge in [-0.3, -0.25) is 0 Å². The SMILES string of the molecule is CN(CCCO)CCCNc1nc(Cc2cccc(O)c2)nc2[nH]c3cc(O)ccc3c12. The normalized spacial score (nSPS) is 11.6. The van der Waals surface area contributed by atoms with E-state index in [0.717, 1.165) is 60.1 Å². The van der Waals surface area contributed by atoms with Gasteiger partial charge < -0.3 is 30.5 Å². The maximum atomic E-state index is 9.87. The van der Waals surface area contributed by atoms with E-state index in [9.17, 15) is 10.2 Å². The molecule has 0 bridgehead atoms. The molecule has 2 aromatic heterocycles. The quantitative estimate of drug-likeness (QED) is 0.243. The van der Waals surface area contributed by atoms with Crippen molar-refractivity contribution < 1.29 is 15.3 Å². The van der Waals surface area contributed by atoms with Crippen molar-refractivity contribution in [1.29, 1.82) is 0 Å². The Labute approximate surface area is 186 Å². The Bertz CT molecular complexity index is 1210. The Morgan fingerprint density at radius 2 is 1.81 bits per heavy atom. The van der Waals surface area contributed by atoms with Crippen LogP contribution in [0.4, 0.5) is 5.82 Å². The van der Waals surface area contributed by atoms with E-state index in [1.807, 2.05) is 12.1 Å². The average Bonchev–Trinajstić information content (AvgIpc) is 3.12. The summed E-state index contributed by atoms with van der Waals surface area (Å²) in [5.41, 5.74) is 2.43. The molecule has 0 unspecified atom stereocenters. The Morgan fingerprint density at radius 3 is 2.62 bits per heavy atom. The number of aliphatic hydroxyl groups excluding tert-OH is 1. The summed E-state index contributed by atoms with van der Waals surface area (Å²) >= 11 is 0. The molecule has 0 spiro atoms. The van der Waals surface area contributed by atoms with E-state index >= 15 is 0 Å². The first-order valence-electron chi connectivity index (χ1n) is 10.9. The smallest absolute Gasteiger partial charge is 0.144 e. The van der Waals surface area contributed by atoms with Crippen LogP contribution in [0, 0.1) is 0 Å². The minimum atomic E-state index is 0.192. The van der Waals surface area contributed by atoms with Crippen molar-refractivity contribution in [2.45, 2.75) is 19.3 Å². The van der Waals surface area contributed by atoms with Gasteiger partial charge in [-0.1, -0.05) is 12.1 Å². The predicted molar refractivity (Wildman–Crippen MR) is 126 cm³/mol. The fourth-order valence-electron chi connectivity index (χ4n) is 3.90. The molecule has 4 rings (SSSR count). The average molecular weight is 436 g/mol. The number of H-pyrrole nitrogens is 1. The summed E-state index contributed by atoms with van der Waals surface area (Å²) < 4.78 is 0. The molecule has 2 heterocycles. The molecule has 0 amide bonds. The number of hydrogen-bond donors (Lipinski definition) is 5. The zero-order valence-corrected chi connectivity index (χ0v) is 18.2. The van der Waals surface area contributed by atoms with Gasteiger partial charge in [-0.25, -0.2) is 9.97 Å². The molecule has 0 atom stereocenters. The van der Waals surface area contributed by atoms with Gasteiger partial charge in [-0.05, 0) is 56.3 Å². The first-order valence-corrected chi connectivity index (χ1v) is 10.9. The van der Waals surface area contributed by atoms with E-state index in [0.29, 0.717) is 17.9 Å². The minimum Gasteiger partial charge on any atom is -0.508 e. The number of nitrogens with one attached hydrogen (secondary N) is 2. The van der Waals surface area contributed by atoms with Crippen LogP contribution in [-0.4, -0.2) is 68.5 Å². The fraction of sp³-hybridized carbons (Fsp3) is 0.333. The number of hydrogen-bond acceptors (Lipinski definition) is 7. The van der Waals surface area contributed by atoms with Crippen LogP contribution in [0.2, 0.25) is 0 Å². The standard InChI is InChI=1S/C24H29N5O3/c1-29(11-4-12-30)10-3-9-25-23-22-19-8-7-18(32)15-20(19)26-24(22)28-21(27-23)14-16-5-2-6-17(31)13-16/h2,5-8,13,15,30-32H,3-4,9-12,14H2,1H3,(H2,25,26,27,28). The van der Waals surface area contributed by atoms with Crippen LogP contribution < -0.4 is 5.32 Å². The molecule has 4 aromatic rings. The van der Waals surface area contributed by atoms with Crippen molar-refractivity contribution in [2.24, 2.45) is 0 Å². The fourth-order valence-corrected chi connectivity index (χ4v) is 3.90. The topological polar surface area (TPSA) is 118 Å². The van der Waals surface area contributed by atoms with Gasteiger partial charge in [0.2, 0.25) is 0 Å². The lowest BCUT2D eigenvalue weighted by Crippen LogP contribution is -2.23. The molecule has 0 aliphatic carbocycles. The van der Waals surface area contributed by atoms with Gasteiger partial charge in [-0.2, -0.15) is 0 Å². The van der Waals surface area contributed by atoms with Crippen molar-refractivity contribution in [2.75, 3.05) is 38.6 Å². The molecule has 0 fully saturated rings. The van der Waals surface area contributed by atoms with E-state index in [-0.39, 0.29) is 18.1 Å². The predicted octanol–water partition coefficient (Wildman–Crippen LogP) is 3.23. The molecular weight excluding hydrogens is 406 g/mol. The van der Waals surface area contributed by atoms with Gasteiger partial charge in [0.1, 0.15) is 28.8 Å². The van der Waals surface area contributed by atoms with E-state index in [1.54, 1.807) is 30.3 Å². The molecule has 0 aliphatic rings. The number of rotatable bonds is 10. The number of benzene rings is 2. The maximum absolute atomic E-state index is 9.87. The summed E-state index contributed by atoms with van der Waals surface area (Å²) in [5.74, 6) is 1.80. The van der Waals surface area contributed by atoms with E-state index in [1.165, 1.54) is 0 Å². The molecule has 32 heavy (non-hydrogen) atoms. The number of anilines is 1. The monoisotopic (exact) mass is 435 g/mol. The lowest BCUT2D eigenvalue weighted by atomic mass is 10.1. The summed E-state index contributed by atoms with van der Waals surface area (Å²) in [6, 6.07) is 12.3. The lowest BCUT2D eigenvalue weighted by Gasteiger charge is -2.16. The van der Waals surface area contributed by atoms with Crippen molar-refractivity contribution in [3.05, 3.63) is 53.9 Å². The third-order valence-corrected chi connectivity index (χ3v) is 5.46. The number of aromatic nitrogens is 3. The molecule has 5 N–H and O–H groups in total. The van der Waals surface area contributed by atoms with Crippen molar-refractivity contribution in [3.63, 3.8) is 0 Å². The van der Waals surface area contributed by atoms with Gasteiger partial charge in [0.25, 0.3) is 0 Å². The minimum absolute atomic E-state index is 0.192. The summed E-state index contributed by atoms with van der Waals surface area (Å²) in [5, 5.41) is 33.9. The molecule has 8 heteroatoms. The molecule has 0 saturated heterocycles. The second-order valence-electron chi connectivity index (χ2n) is 8.07. The molecule has 168 valence electrons. The largest absolute Gasteiger partial charge is 0.508 e. The Balaban J connectivity index is 1.61. The highest BCUT2D eigenvalue weighted by atomic mass is 16.3. The molecule has 8 nitrogen and oxygen atoms in total. The Morgan fingerprint density at radius 1 is 1.00 bits per heavy atom. The highest BCUT2D eigenvalue weighted by molar-refractivity contribution is 6.11. The van der Waals surface area contributed by atoms with Gasteiger partial charge in [0.15, 0.2) is 0 Å². The maximum Gasteiger partial charge on any atom is 0.144 e. The number of aromatic amines is 1. The molecule has 0 saturated carbocycles. The van der Waals surface area contributed by atoms with Gasteiger partial charge >= 0.3 is 0 Å². The summed E-state index contributed by atoms with van der Waals surface area (Å²) in [6.07, 6.45) is 2.19. The first kappa shape index (κ1) is 21.9. The summed E-state index contributed by atoms with van der Waals surface area (Å²) in [6.45, 7) is 2.74. The third-order valence-electron chi connectivity index (χ3n) is 5.46. The molecular formula is C24H29N5O3. The molecule has 0 aliphatic heterocycles. The van der Waals surface area contributed by atoms with Crippen LogP contribution in [0.5, 0.6) is 11.5 Å². The molecule has 0 radical (unpaired) electrons. The van der Waals surface area contributed by atoms with E-state index in [4.69, 9.17) is 15.1 Å². The highest BCUT2D eigenvalue weighted by Gasteiger charge is 2.15. The van der Waals surface area contributed by atoms with Crippen LogP contribution in [0.15, 0.2) is 42.5 Å². The van der Waals surface area contributed by atoms with Crippen molar-refractivity contribution in [1.82, 2.24) is 19.9 Å². The number of nitrogens with zero attached hydrogens (tertiary/aromatic N) is 3. The van der Waals surface area contributed by atoms with Crippen LogP contribution in [0.1, 0.15) is 24.2 Å². The Hall–Kier alpha value is -3.36. The van der Waals surface area contributed by atoms with Crippen LogP contribution >= 0.6 is 0 Å². The van der Waals surface area contributed by atoms with Crippen molar-refractivity contribution in [3.8, 4) is 11.5 Å². The van der Waals surface area contributed by atoms with Gasteiger partial charge in [0, 0.05) is 37.6 Å². The highest BCUT2D eigenvalue weighted by Crippen LogP contribution is 2.32. The van der Waals surface area contributed by atoms with Crippen LogP contribution in [0.25, 0.3) is 21.9 Å². The van der Waals surface area contributed by atoms with E-state index in [2.05, 4.69) is 22.2 Å². The summed E-state index contributed by atoms with van der Waals surface area (Å²) in [7, 11) is 2.05. The number of aliphatic hydroxyl groups is 1. The van der Waals surface area contributed by atoms with Crippen LogP contribution in [-0.2, 0) is 6.42 Å². The number of phenols is 2. The number of fused-ring (bicyclic) bond motifs is 3. The zero-order valence-electron chi connectivity index (χ0n) is 18.2. The van der Waals surface area contributed by atoms with Gasteiger partial charge in [-0.15, -0.1) is 0 Å². The molecule has 2 aromatic carbocycles. The first-order chi connectivity index (χ1) is 15.5. The van der Waals surface area contributed by atoms with Crippen LogP contribution in [0.3, 0.4) is 0 Å². The van der Waals surface area contributed by atoms with Gasteiger partial charge in [0.05, 0.1) is 10.9 Å². The number of phenolic OH excluding ortho intramolecular Hbond substituents is 2.